The molecule has 5 nitrogen and oxygen atoms in total. The minimum atomic E-state index is -0.234. The SMILES string of the molecule is COc1ccc(NC(C)=O)cc1NC(=O)c1cccc(C)c1. The number of hydrogen-bond donors (Lipinski definition) is 2. The molecule has 2 aromatic carbocycles. The number of anilines is 2. The van der Waals surface area contributed by atoms with E-state index in [1.807, 2.05) is 19.1 Å². The van der Waals surface area contributed by atoms with Crippen molar-refractivity contribution in [3.05, 3.63) is 53.6 Å². The molecule has 0 radical (unpaired) electrons. The molecule has 0 aliphatic carbocycles. The summed E-state index contributed by atoms with van der Waals surface area (Å²) < 4.78 is 5.24. The van der Waals surface area contributed by atoms with Crippen LogP contribution in [-0.2, 0) is 4.79 Å². The van der Waals surface area contributed by atoms with Crippen LogP contribution in [0.5, 0.6) is 5.75 Å². The Kier molecular flexibility index (Phi) is 4.78. The van der Waals surface area contributed by atoms with E-state index >= 15 is 0 Å². The van der Waals surface area contributed by atoms with E-state index in [4.69, 9.17) is 4.74 Å². The minimum Gasteiger partial charge on any atom is -0.495 e. The summed E-state index contributed by atoms with van der Waals surface area (Å²) in [5.74, 6) is 0.109. The van der Waals surface area contributed by atoms with E-state index in [-0.39, 0.29) is 11.8 Å². The van der Waals surface area contributed by atoms with E-state index < -0.39 is 0 Å². The number of aryl methyl sites for hydroxylation is 1. The fourth-order valence-electron chi connectivity index (χ4n) is 2.07. The Bertz CT molecular complexity index is 711. The van der Waals surface area contributed by atoms with Gasteiger partial charge < -0.3 is 15.4 Å². The second kappa shape index (κ2) is 6.76. The van der Waals surface area contributed by atoms with Crippen molar-refractivity contribution < 1.29 is 14.3 Å². The van der Waals surface area contributed by atoms with Gasteiger partial charge in [-0.25, -0.2) is 0 Å². The number of benzene rings is 2. The molecule has 2 amide bonds. The zero-order chi connectivity index (χ0) is 16.1. The molecule has 0 fully saturated rings. The fourth-order valence-corrected chi connectivity index (χ4v) is 2.07. The van der Waals surface area contributed by atoms with Gasteiger partial charge in [-0.3, -0.25) is 9.59 Å². The molecule has 2 aromatic rings. The molecule has 0 aromatic heterocycles. The molecule has 0 bridgehead atoms. The molecular weight excluding hydrogens is 280 g/mol. The summed E-state index contributed by atoms with van der Waals surface area (Å²) in [4.78, 5) is 23.4. The summed E-state index contributed by atoms with van der Waals surface area (Å²) in [6, 6.07) is 12.4. The van der Waals surface area contributed by atoms with E-state index in [9.17, 15) is 9.59 Å². The van der Waals surface area contributed by atoms with Gasteiger partial charge in [-0.1, -0.05) is 17.7 Å². The Morgan fingerprint density at radius 2 is 1.82 bits per heavy atom. The normalized spacial score (nSPS) is 9.95. The molecule has 5 heteroatoms. The van der Waals surface area contributed by atoms with Crippen LogP contribution in [0.2, 0.25) is 0 Å². The molecule has 0 aliphatic heterocycles. The lowest BCUT2D eigenvalue weighted by molar-refractivity contribution is -0.114. The van der Waals surface area contributed by atoms with E-state index in [2.05, 4.69) is 10.6 Å². The van der Waals surface area contributed by atoms with Gasteiger partial charge in [0.25, 0.3) is 5.91 Å². The molecule has 0 unspecified atom stereocenters. The summed E-state index contributed by atoms with van der Waals surface area (Å²) in [6.45, 7) is 3.35. The molecule has 114 valence electrons. The van der Waals surface area contributed by atoms with Crippen LogP contribution < -0.4 is 15.4 Å². The maximum Gasteiger partial charge on any atom is 0.255 e. The van der Waals surface area contributed by atoms with Crippen molar-refractivity contribution in [2.45, 2.75) is 13.8 Å². The third-order valence-corrected chi connectivity index (χ3v) is 3.05. The lowest BCUT2D eigenvalue weighted by Crippen LogP contribution is -2.13. The van der Waals surface area contributed by atoms with Crippen LogP contribution in [-0.4, -0.2) is 18.9 Å². The van der Waals surface area contributed by atoms with E-state index in [1.165, 1.54) is 14.0 Å². The second-order valence-corrected chi connectivity index (χ2v) is 4.92. The van der Waals surface area contributed by atoms with E-state index in [0.717, 1.165) is 5.56 Å². The van der Waals surface area contributed by atoms with E-state index in [1.54, 1.807) is 30.3 Å². The van der Waals surface area contributed by atoms with Crippen molar-refractivity contribution in [3.63, 3.8) is 0 Å². The molecule has 0 aliphatic rings. The first kappa shape index (κ1) is 15.6. The molecule has 22 heavy (non-hydrogen) atoms. The standard InChI is InChI=1S/C17H18N2O3/c1-11-5-4-6-13(9-11)17(21)19-15-10-14(18-12(2)20)7-8-16(15)22-3/h4-10H,1-3H3,(H,18,20)(H,19,21). The fraction of sp³-hybridized carbons (Fsp3) is 0.176. The maximum atomic E-state index is 12.3. The van der Waals surface area contributed by atoms with Gasteiger partial charge in [0.05, 0.1) is 12.8 Å². The Hall–Kier alpha value is -2.82. The van der Waals surface area contributed by atoms with Gasteiger partial charge in [0.2, 0.25) is 5.91 Å². The van der Waals surface area contributed by atoms with Gasteiger partial charge in [0.15, 0.2) is 0 Å². The molecule has 0 atom stereocenters. The zero-order valence-corrected chi connectivity index (χ0v) is 12.8. The number of rotatable bonds is 4. The molecule has 2 N–H and O–H groups in total. The largest absolute Gasteiger partial charge is 0.495 e. The average Bonchev–Trinajstić information content (AvgIpc) is 2.47. The van der Waals surface area contributed by atoms with Crippen LogP contribution in [0.3, 0.4) is 0 Å². The summed E-state index contributed by atoms with van der Waals surface area (Å²) in [6.07, 6.45) is 0. The van der Waals surface area contributed by atoms with Crippen molar-refractivity contribution in [1.29, 1.82) is 0 Å². The number of ether oxygens (including phenoxy) is 1. The molecule has 0 spiro atoms. The molecule has 0 saturated heterocycles. The van der Waals surface area contributed by atoms with Gasteiger partial charge in [-0.2, -0.15) is 0 Å². The lowest BCUT2D eigenvalue weighted by Gasteiger charge is -2.12. The van der Waals surface area contributed by atoms with Gasteiger partial charge in [-0.05, 0) is 37.3 Å². The molecule has 2 rings (SSSR count). The smallest absolute Gasteiger partial charge is 0.255 e. The Labute approximate surface area is 129 Å². The number of hydrogen-bond acceptors (Lipinski definition) is 3. The van der Waals surface area contributed by atoms with Crippen molar-refractivity contribution in [2.24, 2.45) is 0 Å². The number of carbonyl (C=O) groups excluding carboxylic acids is 2. The van der Waals surface area contributed by atoms with E-state index in [0.29, 0.717) is 22.7 Å². The zero-order valence-electron chi connectivity index (χ0n) is 12.8. The first-order valence-electron chi connectivity index (χ1n) is 6.83. The number of methoxy groups -OCH3 is 1. The van der Waals surface area contributed by atoms with Crippen LogP contribution >= 0.6 is 0 Å². The minimum absolute atomic E-state index is 0.180. The highest BCUT2D eigenvalue weighted by molar-refractivity contribution is 6.05. The topological polar surface area (TPSA) is 67.4 Å². The van der Waals surface area contributed by atoms with Gasteiger partial charge in [0, 0.05) is 18.2 Å². The second-order valence-electron chi connectivity index (χ2n) is 4.92. The third kappa shape index (κ3) is 3.85. The van der Waals surface area contributed by atoms with Crippen molar-refractivity contribution in [2.75, 3.05) is 17.7 Å². The lowest BCUT2D eigenvalue weighted by atomic mass is 10.1. The Morgan fingerprint density at radius 1 is 1.05 bits per heavy atom. The van der Waals surface area contributed by atoms with Gasteiger partial charge in [0.1, 0.15) is 5.75 Å². The highest BCUT2D eigenvalue weighted by Crippen LogP contribution is 2.28. The summed E-state index contributed by atoms with van der Waals surface area (Å²) >= 11 is 0. The first-order valence-corrected chi connectivity index (χ1v) is 6.83. The highest BCUT2D eigenvalue weighted by Gasteiger charge is 2.11. The van der Waals surface area contributed by atoms with Gasteiger partial charge >= 0.3 is 0 Å². The molecular formula is C17H18N2O3. The summed E-state index contributed by atoms with van der Waals surface area (Å²) in [5.41, 5.74) is 2.66. The summed E-state index contributed by atoms with van der Waals surface area (Å²) in [7, 11) is 1.52. The van der Waals surface area contributed by atoms with Crippen LogP contribution in [0, 0.1) is 6.92 Å². The number of amides is 2. The predicted molar refractivity (Wildman–Crippen MR) is 86.4 cm³/mol. The number of nitrogens with one attached hydrogen (secondary N) is 2. The third-order valence-electron chi connectivity index (χ3n) is 3.05. The van der Waals surface area contributed by atoms with Crippen LogP contribution in [0.25, 0.3) is 0 Å². The Balaban J connectivity index is 2.26. The van der Waals surface area contributed by atoms with Crippen molar-refractivity contribution in [3.8, 4) is 5.75 Å². The Morgan fingerprint density at radius 3 is 2.45 bits per heavy atom. The predicted octanol–water partition coefficient (Wildman–Crippen LogP) is 3.21. The quantitative estimate of drug-likeness (QED) is 0.910. The van der Waals surface area contributed by atoms with Crippen LogP contribution in [0.1, 0.15) is 22.8 Å². The average molecular weight is 298 g/mol. The molecule has 0 heterocycles. The van der Waals surface area contributed by atoms with Crippen molar-refractivity contribution >= 4 is 23.2 Å². The maximum absolute atomic E-state index is 12.3. The monoisotopic (exact) mass is 298 g/mol. The summed E-state index contributed by atoms with van der Waals surface area (Å²) in [5, 5.41) is 5.48. The molecule has 0 saturated carbocycles. The van der Waals surface area contributed by atoms with Crippen LogP contribution in [0.4, 0.5) is 11.4 Å². The van der Waals surface area contributed by atoms with Crippen LogP contribution in [0.15, 0.2) is 42.5 Å². The van der Waals surface area contributed by atoms with Gasteiger partial charge in [-0.15, -0.1) is 0 Å². The van der Waals surface area contributed by atoms with Crippen molar-refractivity contribution in [1.82, 2.24) is 0 Å². The number of carbonyl (C=O) groups is 2. The first-order chi connectivity index (χ1) is 10.5. The highest BCUT2D eigenvalue weighted by atomic mass is 16.5.